The molecule has 1 aromatic carbocycles. The van der Waals surface area contributed by atoms with Crippen LogP contribution in [0.15, 0.2) is 30.5 Å². The Morgan fingerprint density at radius 3 is 2.90 bits per heavy atom. The van der Waals surface area contributed by atoms with E-state index < -0.39 is 6.04 Å². The monoisotopic (exact) mass is 275 g/mol. The average molecular weight is 275 g/mol. The number of fused-ring (bicyclic) bond motifs is 1. The molecule has 0 unspecified atom stereocenters. The van der Waals surface area contributed by atoms with Gasteiger partial charge in [-0.25, -0.2) is 5.48 Å². The second-order valence-electron chi connectivity index (χ2n) is 5.34. The first kappa shape index (κ1) is 14.6. The molecule has 0 aliphatic heterocycles. The van der Waals surface area contributed by atoms with Gasteiger partial charge in [-0.3, -0.25) is 9.63 Å². The molecule has 0 saturated heterocycles. The van der Waals surface area contributed by atoms with Crippen molar-refractivity contribution in [3.05, 3.63) is 36.0 Å². The highest BCUT2D eigenvalue weighted by molar-refractivity contribution is 5.85. The van der Waals surface area contributed by atoms with Gasteiger partial charge in [0.1, 0.15) is 0 Å². The van der Waals surface area contributed by atoms with Crippen molar-refractivity contribution in [2.75, 3.05) is 6.61 Å². The summed E-state index contributed by atoms with van der Waals surface area (Å²) in [5.41, 5.74) is 10.4. The minimum Gasteiger partial charge on any atom is -0.361 e. The lowest BCUT2D eigenvalue weighted by atomic mass is 10.1. The van der Waals surface area contributed by atoms with Crippen molar-refractivity contribution in [3.63, 3.8) is 0 Å². The van der Waals surface area contributed by atoms with Gasteiger partial charge < -0.3 is 10.7 Å². The van der Waals surface area contributed by atoms with Crippen LogP contribution < -0.4 is 11.2 Å². The van der Waals surface area contributed by atoms with E-state index >= 15 is 0 Å². The number of nitrogens with one attached hydrogen (secondary N) is 2. The van der Waals surface area contributed by atoms with E-state index in [2.05, 4.69) is 10.5 Å². The minimum atomic E-state index is -0.624. The van der Waals surface area contributed by atoms with Crippen LogP contribution in [0.2, 0.25) is 0 Å². The summed E-state index contributed by atoms with van der Waals surface area (Å²) in [7, 11) is 0. The van der Waals surface area contributed by atoms with Gasteiger partial charge in [0.15, 0.2) is 0 Å². The van der Waals surface area contributed by atoms with Gasteiger partial charge >= 0.3 is 0 Å². The third kappa shape index (κ3) is 3.59. The number of amides is 1. The fourth-order valence-electron chi connectivity index (χ4n) is 1.99. The molecule has 5 heteroatoms. The molecule has 1 aromatic heterocycles. The smallest absolute Gasteiger partial charge is 0.260 e. The molecule has 2 rings (SSSR count). The second-order valence-corrected chi connectivity index (χ2v) is 5.34. The summed E-state index contributed by atoms with van der Waals surface area (Å²) in [6, 6.07) is 7.32. The van der Waals surface area contributed by atoms with Crippen LogP contribution in [0.3, 0.4) is 0 Å². The van der Waals surface area contributed by atoms with Crippen LogP contribution in [0.1, 0.15) is 19.4 Å². The number of para-hydroxylation sites is 1. The van der Waals surface area contributed by atoms with E-state index in [1.807, 2.05) is 44.3 Å². The summed E-state index contributed by atoms with van der Waals surface area (Å²) < 4.78 is 0. The zero-order valence-electron chi connectivity index (χ0n) is 11.8. The van der Waals surface area contributed by atoms with E-state index in [0.717, 1.165) is 16.5 Å². The Balaban J connectivity index is 1.93. The number of carbonyl (C=O) groups is 1. The molecule has 0 aliphatic carbocycles. The first-order valence-electron chi connectivity index (χ1n) is 6.80. The molecule has 0 fully saturated rings. The number of nitrogens with two attached hydrogens (primary N) is 1. The van der Waals surface area contributed by atoms with Gasteiger partial charge in [0.25, 0.3) is 5.91 Å². The largest absolute Gasteiger partial charge is 0.361 e. The van der Waals surface area contributed by atoms with E-state index in [1.165, 1.54) is 0 Å². The Kier molecular flexibility index (Phi) is 4.76. The van der Waals surface area contributed by atoms with Gasteiger partial charge in [-0.2, -0.15) is 0 Å². The summed E-state index contributed by atoms with van der Waals surface area (Å²) in [4.78, 5) is 20.1. The standard InChI is InChI=1S/C15H21N3O2/c1-10(2)9-20-18-15(19)13(16)7-11-8-17-14-6-4-3-5-12(11)14/h3-6,8,10,13,17H,7,9,16H2,1-2H3,(H,18,19)/t13-/m0/s1. The summed E-state index contributed by atoms with van der Waals surface area (Å²) in [5, 5.41) is 1.10. The number of hydrogen-bond donors (Lipinski definition) is 3. The second kappa shape index (κ2) is 6.54. The highest BCUT2D eigenvalue weighted by atomic mass is 16.7. The van der Waals surface area contributed by atoms with Gasteiger partial charge in [-0.1, -0.05) is 32.0 Å². The number of benzene rings is 1. The Morgan fingerprint density at radius 2 is 2.15 bits per heavy atom. The molecular weight excluding hydrogens is 254 g/mol. The van der Waals surface area contributed by atoms with Crippen LogP contribution in [-0.4, -0.2) is 23.5 Å². The Bertz CT molecular complexity index is 577. The molecule has 2 aromatic rings. The number of aromatic amines is 1. The van der Waals surface area contributed by atoms with Gasteiger partial charge in [0.05, 0.1) is 12.6 Å². The molecule has 1 heterocycles. The first-order valence-corrected chi connectivity index (χ1v) is 6.80. The van der Waals surface area contributed by atoms with E-state index in [-0.39, 0.29) is 5.91 Å². The topological polar surface area (TPSA) is 80.1 Å². The number of H-pyrrole nitrogens is 1. The minimum absolute atomic E-state index is 0.295. The van der Waals surface area contributed by atoms with Crippen molar-refractivity contribution in [1.82, 2.24) is 10.5 Å². The molecule has 4 N–H and O–H groups in total. The number of hydroxylamine groups is 1. The molecule has 20 heavy (non-hydrogen) atoms. The lowest BCUT2D eigenvalue weighted by Gasteiger charge is -2.12. The van der Waals surface area contributed by atoms with E-state index in [9.17, 15) is 4.79 Å². The SMILES string of the molecule is CC(C)CONC(=O)[C@@H](N)Cc1c[nH]c2ccccc12. The molecule has 0 aliphatic rings. The number of hydrogen-bond acceptors (Lipinski definition) is 3. The quantitative estimate of drug-likeness (QED) is 0.702. The van der Waals surface area contributed by atoms with Crippen LogP contribution in [0.5, 0.6) is 0 Å². The molecule has 1 amide bonds. The van der Waals surface area contributed by atoms with Crippen molar-refractivity contribution in [3.8, 4) is 0 Å². The number of rotatable bonds is 6. The molecule has 0 saturated carbocycles. The molecule has 0 radical (unpaired) electrons. The Hall–Kier alpha value is -1.85. The van der Waals surface area contributed by atoms with Crippen LogP contribution in [0, 0.1) is 5.92 Å². The molecule has 108 valence electrons. The maximum Gasteiger partial charge on any atom is 0.260 e. The third-order valence-corrected chi connectivity index (χ3v) is 3.04. The van der Waals surface area contributed by atoms with Gasteiger partial charge in [0, 0.05) is 17.1 Å². The Labute approximate surface area is 118 Å². The Morgan fingerprint density at radius 1 is 1.40 bits per heavy atom. The maximum atomic E-state index is 11.8. The van der Waals surface area contributed by atoms with Crippen molar-refractivity contribution in [1.29, 1.82) is 0 Å². The van der Waals surface area contributed by atoms with Crippen LogP contribution in [0.4, 0.5) is 0 Å². The number of carbonyl (C=O) groups excluding carboxylic acids is 1. The van der Waals surface area contributed by atoms with Crippen molar-refractivity contribution >= 4 is 16.8 Å². The summed E-state index contributed by atoms with van der Waals surface area (Å²) >= 11 is 0. The van der Waals surface area contributed by atoms with Crippen LogP contribution in [0.25, 0.3) is 10.9 Å². The fraction of sp³-hybridized carbons (Fsp3) is 0.400. The molecule has 1 atom stereocenters. The summed E-state index contributed by atoms with van der Waals surface area (Å²) in [6.45, 7) is 4.50. The van der Waals surface area contributed by atoms with Gasteiger partial charge in [0.2, 0.25) is 0 Å². The lowest BCUT2D eigenvalue weighted by Crippen LogP contribution is -2.42. The molecule has 0 bridgehead atoms. The molecule has 0 spiro atoms. The first-order chi connectivity index (χ1) is 9.58. The summed E-state index contributed by atoms with van der Waals surface area (Å²) in [6.07, 6.45) is 2.37. The average Bonchev–Trinajstić information content (AvgIpc) is 2.81. The highest BCUT2D eigenvalue weighted by Gasteiger charge is 2.16. The number of aromatic nitrogens is 1. The molecular formula is C15H21N3O2. The van der Waals surface area contributed by atoms with Crippen molar-refractivity contribution < 1.29 is 9.63 Å². The fourth-order valence-corrected chi connectivity index (χ4v) is 1.99. The van der Waals surface area contributed by atoms with E-state index in [1.54, 1.807) is 0 Å². The van der Waals surface area contributed by atoms with Gasteiger partial charge in [-0.15, -0.1) is 0 Å². The van der Waals surface area contributed by atoms with Gasteiger partial charge in [-0.05, 0) is 24.0 Å². The van der Waals surface area contributed by atoms with Crippen LogP contribution in [-0.2, 0) is 16.1 Å². The third-order valence-electron chi connectivity index (χ3n) is 3.04. The van der Waals surface area contributed by atoms with E-state index in [4.69, 9.17) is 10.6 Å². The van der Waals surface area contributed by atoms with Crippen molar-refractivity contribution in [2.24, 2.45) is 11.7 Å². The highest BCUT2D eigenvalue weighted by Crippen LogP contribution is 2.18. The zero-order chi connectivity index (χ0) is 14.5. The summed E-state index contributed by atoms with van der Waals surface area (Å²) in [5.74, 6) is 0.0658. The predicted molar refractivity (Wildman–Crippen MR) is 78.9 cm³/mol. The maximum absolute atomic E-state index is 11.8. The predicted octanol–water partition coefficient (Wildman–Crippen LogP) is 1.74. The van der Waals surface area contributed by atoms with E-state index in [0.29, 0.717) is 18.9 Å². The lowest BCUT2D eigenvalue weighted by molar-refractivity contribution is -0.135. The van der Waals surface area contributed by atoms with Crippen molar-refractivity contribution in [2.45, 2.75) is 26.3 Å². The molecule has 5 nitrogen and oxygen atoms in total. The zero-order valence-corrected chi connectivity index (χ0v) is 11.8. The van der Waals surface area contributed by atoms with Crippen LogP contribution >= 0.6 is 0 Å². The normalized spacial score (nSPS) is 12.8.